The van der Waals surface area contributed by atoms with E-state index in [1.807, 2.05) is 0 Å². The zero-order chi connectivity index (χ0) is 16.9. The summed E-state index contributed by atoms with van der Waals surface area (Å²) in [6.07, 6.45) is 3.08. The van der Waals surface area contributed by atoms with Crippen molar-refractivity contribution in [3.05, 3.63) is 41.7 Å². The zero-order valence-electron chi connectivity index (χ0n) is 13.4. The molecule has 0 saturated carbocycles. The summed E-state index contributed by atoms with van der Waals surface area (Å²) in [5.41, 5.74) is 0. The van der Waals surface area contributed by atoms with Crippen molar-refractivity contribution in [1.29, 1.82) is 0 Å². The van der Waals surface area contributed by atoms with Crippen LogP contribution >= 0.6 is 11.6 Å². The number of halogens is 1. The molecule has 24 heavy (non-hydrogen) atoms. The average Bonchev–Trinajstić information content (AvgIpc) is 3.12. The Hall–Kier alpha value is -2.34. The summed E-state index contributed by atoms with van der Waals surface area (Å²) in [7, 11) is 0. The first-order chi connectivity index (χ1) is 11.6. The van der Waals surface area contributed by atoms with E-state index in [4.69, 9.17) is 16.3 Å². The van der Waals surface area contributed by atoms with Crippen molar-refractivity contribution in [1.82, 2.24) is 9.97 Å². The fourth-order valence-corrected chi connectivity index (χ4v) is 2.73. The van der Waals surface area contributed by atoms with E-state index in [2.05, 4.69) is 20.2 Å². The van der Waals surface area contributed by atoms with E-state index in [-0.39, 0.29) is 5.91 Å². The minimum Gasteiger partial charge on any atom is -0.479 e. The number of benzene rings is 1. The second-order valence-corrected chi connectivity index (χ2v) is 6.04. The van der Waals surface area contributed by atoms with Crippen LogP contribution in [0.25, 0.3) is 0 Å². The fraction of sp³-hybridized carbons (Fsp3) is 0.353. The number of nitrogens with one attached hydrogen (secondary N) is 1. The molecule has 1 aromatic heterocycles. The third-order valence-corrected chi connectivity index (χ3v) is 4.16. The highest BCUT2D eigenvalue weighted by atomic mass is 35.5. The third kappa shape index (κ3) is 3.94. The van der Waals surface area contributed by atoms with Crippen LogP contribution < -0.4 is 15.0 Å². The first kappa shape index (κ1) is 16.5. The number of anilines is 2. The Bertz CT molecular complexity index is 719. The second kappa shape index (κ2) is 7.49. The summed E-state index contributed by atoms with van der Waals surface area (Å²) < 4.78 is 5.61. The molecule has 0 radical (unpaired) electrons. The van der Waals surface area contributed by atoms with Gasteiger partial charge in [-0.25, -0.2) is 9.97 Å². The maximum absolute atomic E-state index is 12.3. The second-order valence-electron chi connectivity index (χ2n) is 5.64. The van der Waals surface area contributed by atoms with E-state index < -0.39 is 6.10 Å². The Morgan fingerprint density at radius 2 is 2.04 bits per heavy atom. The summed E-state index contributed by atoms with van der Waals surface area (Å²) in [5, 5.41) is 3.23. The molecule has 2 aromatic rings. The molecule has 1 saturated heterocycles. The molecule has 1 aliphatic heterocycles. The van der Waals surface area contributed by atoms with Crippen LogP contribution in [0, 0.1) is 0 Å². The lowest BCUT2D eigenvalue weighted by Crippen LogP contribution is -2.30. The number of hydrogen-bond donors (Lipinski definition) is 1. The van der Waals surface area contributed by atoms with Gasteiger partial charge in [0.1, 0.15) is 23.7 Å². The molecule has 126 valence electrons. The molecule has 1 N–H and O–H groups in total. The molecule has 1 fully saturated rings. The molecular formula is C17H19ClN4O2. The summed E-state index contributed by atoms with van der Waals surface area (Å²) in [4.78, 5) is 22.9. The van der Waals surface area contributed by atoms with Gasteiger partial charge in [0, 0.05) is 19.2 Å². The molecule has 1 atom stereocenters. The lowest BCUT2D eigenvalue weighted by molar-refractivity contribution is -0.122. The van der Waals surface area contributed by atoms with Gasteiger partial charge >= 0.3 is 0 Å². The molecule has 0 spiro atoms. The van der Waals surface area contributed by atoms with Crippen molar-refractivity contribution in [3.63, 3.8) is 0 Å². The van der Waals surface area contributed by atoms with Crippen LogP contribution in [0.5, 0.6) is 5.75 Å². The van der Waals surface area contributed by atoms with E-state index in [1.54, 1.807) is 37.3 Å². The summed E-state index contributed by atoms with van der Waals surface area (Å²) in [6.45, 7) is 3.63. The van der Waals surface area contributed by atoms with Crippen LogP contribution in [-0.4, -0.2) is 35.1 Å². The molecule has 3 rings (SSSR count). The Kier molecular flexibility index (Phi) is 5.15. The van der Waals surface area contributed by atoms with Gasteiger partial charge < -0.3 is 15.0 Å². The lowest BCUT2D eigenvalue weighted by atomic mass is 10.3. The predicted octanol–water partition coefficient (Wildman–Crippen LogP) is 3.14. The number of nitrogens with zero attached hydrogens (tertiary/aromatic N) is 3. The number of aromatic nitrogens is 2. The van der Waals surface area contributed by atoms with Gasteiger partial charge in [-0.15, -0.1) is 0 Å². The summed E-state index contributed by atoms with van der Waals surface area (Å²) >= 11 is 6.04. The van der Waals surface area contributed by atoms with E-state index >= 15 is 0 Å². The van der Waals surface area contributed by atoms with E-state index in [0.717, 1.165) is 31.7 Å². The smallest absolute Gasteiger partial charge is 0.266 e. The Labute approximate surface area is 145 Å². The van der Waals surface area contributed by atoms with Gasteiger partial charge in [-0.3, -0.25) is 4.79 Å². The van der Waals surface area contributed by atoms with Crippen molar-refractivity contribution in [3.8, 4) is 5.75 Å². The minimum absolute atomic E-state index is 0.291. The Morgan fingerprint density at radius 1 is 1.29 bits per heavy atom. The molecule has 1 amide bonds. The topological polar surface area (TPSA) is 67.3 Å². The van der Waals surface area contributed by atoms with E-state index in [9.17, 15) is 4.79 Å². The fourth-order valence-electron chi connectivity index (χ4n) is 2.55. The van der Waals surface area contributed by atoms with Crippen LogP contribution in [0.15, 0.2) is 36.7 Å². The monoisotopic (exact) mass is 346 g/mol. The quantitative estimate of drug-likeness (QED) is 0.900. The van der Waals surface area contributed by atoms with Gasteiger partial charge in [-0.05, 0) is 31.9 Å². The highest BCUT2D eigenvalue weighted by molar-refractivity contribution is 6.32. The number of carbonyl (C=O) groups is 1. The van der Waals surface area contributed by atoms with Crippen molar-refractivity contribution < 1.29 is 9.53 Å². The summed E-state index contributed by atoms with van der Waals surface area (Å²) in [6, 6.07) is 8.83. The molecule has 0 bridgehead atoms. The van der Waals surface area contributed by atoms with Crippen LogP contribution in [0.4, 0.5) is 11.6 Å². The van der Waals surface area contributed by atoms with E-state index in [1.165, 1.54) is 6.33 Å². The highest BCUT2D eigenvalue weighted by Gasteiger charge is 2.18. The standard InChI is InChI=1S/C17H19ClN4O2/c1-12(24-14-7-3-2-6-13(14)18)17(23)21-15-10-16(20-11-19-15)22-8-4-5-9-22/h2-3,6-7,10-12H,4-5,8-9H2,1H3,(H,19,20,21,23). The molecule has 2 heterocycles. The maximum Gasteiger partial charge on any atom is 0.266 e. The van der Waals surface area contributed by atoms with Crippen LogP contribution in [-0.2, 0) is 4.79 Å². The van der Waals surface area contributed by atoms with Gasteiger partial charge in [-0.2, -0.15) is 0 Å². The Morgan fingerprint density at radius 3 is 2.79 bits per heavy atom. The molecule has 0 aliphatic carbocycles. The molecule has 6 nitrogen and oxygen atoms in total. The van der Waals surface area contributed by atoms with Gasteiger partial charge in [-0.1, -0.05) is 23.7 Å². The first-order valence-electron chi connectivity index (χ1n) is 7.92. The van der Waals surface area contributed by atoms with Crippen molar-refractivity contribution in [2.75, 3.05) is 23.3 Å². The number of ether oxygens (including phenoxy) is 1. The molecule has 1 aromatic carbocycles. The van der Waals surface area contributed by atoms with Gasteiger partial charge in [0.25, 0.3) is 5.91 Å². The van der Waals surface area contributed by atoms with Gasteiger partial charge in [0.2, 0.25) is 0 Å². The van der Waals surface area contributed by atoms with Crippen molar-refractivity contribution >= 4 is 29.1 Å². The van der Waals surface area contributed by atoms with Crippen molar-refractivity contribution in [2.24, 2.45) is 0 Å². The number of amides is 1. The largest absolute Gasteiger partial charge is 0.479 e. The third-order valence-electron chi connectivity index (χ3n) is 3.84. The number of carbonyl (C=O) groups excluding carboxylic acids is 1. The lowest BCUT2D eigenvalue weighted by Gasteiger charge is -2.18. The SMILES string of the molecule is CC(Oc1ccccc1Cl)C(=O)Nc1cc(N2CCCC2)ncn1. The number of rotatable bonds is 5. The van der Waals surface area contributed by atoms with E-state index in [0.29, 0.717) is 16.6 Å². The first-order valence-corrected chi connectivity index (χ1v) is 8.30. The Balaban J connectivity index is 1.63. The average molecular weight is 347 g/mol. The van der Waals surface area contributed by atoms with Gasteiger partial charge in [0.05, 0.1) is 5.02 Å². The molecular weight excluding hydrogens is 328 g/mol. The molecule has 1 unspecified atom stereocenters. The van der Waals surface area contributed by atoms with Crippen molar-refractivity contribution in [2.45, 2.75) is 25.9 Å². The van der Waals surface area contributed by atoms with Crippen LogP contribution in [0.1, 0.15) is 19.8 Å². The van der Waals surface area contributed by atoms with Crippen LogP contribution in [0.3, 0.4) is 0 Å². The number of para-hydroxylation sites is 1. The predicted molar refractivity (Wildman–Crippen MR) is 93.7 cm³/mol. The summed E-state index contributed by atoms with van der Waals surface area (Å²) in [5.74, 6) is 1.48. The normalized spacial score (nSPS) is 15.2. The zero-order valence-corrected chi connectivity index (χ0v) is 14.2. The molecule has 1 aliphatic rings. The highest BCUT2D eigenvalue weighted by Crippen LogP contribution is 2.24. The number of hydrogen-bond acceptors (Lipinski definition) is 5. The van der Waals surface area contributed by atoms with Gasteiger partial charge in [0.15, 0.2) is 6.10 Å². The van der Waals surface area contributed by atoms with Crippen LogP contribution in [0.2, 0.25) is 5.02 Å². The minimum atomic E-state index is -0.699. The molecule has 7 heteroatoms. The maximum atomic E-state index is 12.3.